The fourth-order valence-electron chi connectivity index (χ4n) is 4.91. The minimum absolute atomic E-state index is 0.0682. The molecule has 2 fully saturated rings. The number of alkyl halides is 3. The lowest BCUT2D eigenvalue weighted by Gasteiger charge is -2.27. The molecule has 39 heavy (non-hydrogen) atoms. The Bertz CT molecular complexity index is 1450. The number of ether oxygens (including phenoxy) is 1. The van der Waals surface area contributed by atoms with Gasteiger partial charge in [-0.05, 0) is 60.4 Å². The van der Waals surface area contributed by atoms with Gasteiger partial charge in [-0.25, -0.2) is 8.42 Å². The van der Waals surface area contributed by atoms with Gasteiger partial charge < -0.3 is 15.0 Å². The fourth-order valence-corrected chi connectivity index (χ4v) is 6.34. The van der Waals surface area contributed by atoms with Gasteiger partial charge in [0.25, 0.3) is 5.91 Å². The normalized spacial score (nSPS) is 16.8. The number of hydrogen-bond donors (Lipinski definition) is 1. The second-order valence-corrected chi connectivity index (χ2v) is 11.4. The predicted octanol–water partition coefficient (Wildman–Crippen LogP) is 5.25. The van der Waals surface area contributed by atoms with Gasteiger partial charge in [0.2, 0.25) is 10.0 Å². The maximum atomic E-state index is 13.6. The molecule has 0 unspecified atom stereocenters. The number of morpholine rings is 1. The summed E-state index contributed by atoms with van der Waals surface area (Å²) < 4.78 is 72.5. The Hall–Kier alpha value is -3.41. The molecule has 7 nitrogen and oxygen atoms in total. The van der Waals surface area contributed by atoms with Gasteiger partial charge in [0.05, 0.1) is 35.0 Å². The summed E-state index contributed by atoms with van der Waals surface area (Å²) in [5, 5.41) is 2.90. The van der Waals surface area contributed by atoms with Crippen molar-refractivity contribution in [3.8, 4) is 11.1 Å². The molecule has 206 valence electrons. The summed E-state index contributed by atoms with van der Waals surface area (Å²) in [5.41, 5.74) is 1.47. The van der Waals surface area contributed by atoms with Gasteiger partial charge >= 0.3 is 6.18 Å². The van der Waals surface area contributed by atoms with Crippen LogP contribution in [0.15, 0.2) is 71.6 Å². The molecule has 0 bridgehead atoms. The van der Waals surface area contributed by atoms with Crippen LogP contribution in [0, 0.1) is 0 Å². The van der Waals surface area contributed by atoms with Gasteiger partial charge in [-0.1, -0.05) is 30.3 Å². The third-order valence-corrected chi connectivity index (χ3v) is 8.86. The van der Waals surface area contributed by atoms with Gasteiger partial charge in [0, 0.05) is 31.7 Å². The zero-order chi connectivity index (χ0) is 27.6. The Labute approximate surface area is 225 Å². The van der Waals surface area contributed by atoms with Crippen molar-refractivity contribution in [2.75, 3.05) is 49.6 Å². The molecule has 2 aliphatic rings. The van der Waals surface area contributed by atoms with E-state index < -0.39 is 27.7 Å². The van der Waals surface area contributed by atoms with E-state index in [0.29, 0.717) is 35.7 Å². The molecule has 0 aromatic heterocycles. The van der Waals surface area contributed by atoms with E-state index in [2.05, 4.69) is 10.2 Å². The molecule has 1 amide bonds. The molecule has 0 radical (unpaired) electrons. The first-order chi connectivity index (χ1) is 18.6. The van der Waals surface area contributed by atoms with E-state index in [1.807, 2.05) is 0 Å². The molecule has 11 heteroatoms. The lowest BCUT2D eigenvalue weighted by atomic mass is 9.98. The molecule has 2 saturated heterocycles. The van der Waals surface area contributed by atoms with Crippen molar-refractivity contribution in [2.24, 2.45) is 0 Å². The van der Waals surface area contributed by atoms with E-state index in [4.69, 9.17) is 4.74 Å². The van der Waals surface area contributed by atoms with Gasteiger partial charge in [-0.15, -0.1) is 0 Å². The molecule has 0 aliphatic carbocycles. The molecule has 2 heterocycles. The van der Waals surface area contributed by atoms with Gasteiger partial charge in [-0.2, -0.15) is 17.5 Å². The molecule has 0 spiro atoms. The number of hydrogen-bond acceptors (Lipinski definition) is 5. The highest BCUT2D eigenvalue weighted by atomic mass is 32.2. The number of nitrogens with one attached hydrogen (secondary N) is 1. The van der Waals surface area contributed by atoms with Gasteiger partial charge in [-0.3, -0.25) is 4.79 Å². The standard InChI is InChI=1S/C28H28F3N3O4S/c29-28(30,31)21-9-7-20(8-10-21)23-5-1-2-6-24(23)27(35)32-25-19-22(11-12-26(25)33-13-3-4-14-33)39(36,37)34-15-17-38-18-16-34/h1-2,5-12,19H,3-4,13-18H2,(H,32,35). The SMILES string of the molecule is O=C(Nc1cc(S(=O)(=O)N2CCOCC2)ccc1N1CCCC1)c1ccccc1-c1ccc(C(F)(F)F)cc1. The third kappa shape index (κ3) is 5.80. The number of benzene rings is 3. The van der Waals surface area contributed by atoms with E-state index >= 15 is 0 Å². The van der Waals surface area contributed by atoms with Crippen molar-refractivity contribution in [3.63, 3.8) is 0 Å². The summed E-state index contributed by atoms with van der Waals surface area (Å²) in [6.07, 6.45) is -2.50. The summed E-state index contributed by atoms with van der Waals surface area (Å²) >= 11 is 0. The first kappa shape index (κ1) is 27.2. The zero-order valence-electron chi connectivity index (χ0n) is 21.1. The number of anilines is 2. The molecule has 2 aliphatic heterocycles. The van der Waals surface area contributed by atoms with Crippen LogP contribution in [-0.4, -0.2) is 58.0 Å². The van der Waals surface area contributed by atoms with Crippen LogP contribution in [0.4, 0.5) is 24.5 Å². The summed E-state index contributed by atoms with van der Waals surface area (Å²) in [6, 6.07) is 16.0. The van der Waals surface area contributed by atoms with E-state index in [1.165, 1.54) is 22.5 Å². The minimum Gasteiger partial charge on any atom is -0.379 e. The Balaban J connectivity index is 1.49. The van der Waals surface area contributed by atoms with Crippen LogP contribution in [-0.2, 0) is 20.9 Å². The fraction of sp³-hybridized carbons (Fsp3) is 0.321. The smallest absolute Gasteiger partial charge is 0.379 e. The van der Waals surface area contributed by atoms with Crippen molar-refractivity contribution in [2.45, 2.75) is 23.9 Å². The topological polar surface area (TPSA) is 79.0 Å². The highest BCUT2D eigenvalue weighted by Crippen LogP contribution is 2.35. The average Bonchev–Trinajstić information content (AvgIpc) is 3.48. The van der Waals surface area contributed by atoms with E-state index in [0.717, 1.165) is 38.1 Å². The summed E-state index contributed by atoms with van der Waals surface area (Å²) in [7, 11) is -3.80. The Morgan fingerprint density at radius 3 is 2.21 bits per heavy atom. The van der Waals surface area contributed by atoms with Crippen LogP contribution >= 0.6 is 0 Å². The van der Waals surface area contributed by atoms with Crippen molar-refractivity contribution >= 4 is 27.3 Å². The lowest BCUT2D eigenvalue weighted by molar-refractivity contribution is -0.137. The maximum absolute atomic E-state index is 13.6. The largest absolute Gasteiger partial charge is 0.416 e. The minimum atomic E-state index is -4.46. The molecule has 3 aromatic carbocycles. The molecule has 0 saturated carbocycles. The number of rotatable bonds is 6. The van der Waals surface area contributed by atoms with Crippen molar-refractivity contribution in [1.82, 2.24) is 4.31 Å². The number of amides is 1. The van der Waals surface area contributed by atoms with E-state index in [1.54, 1.807) is 36.4 Å². The Kier molecular flexibility index (Phi) is 7.66. The zero-order valence-corrected chi connectivity index (χ0v) is 21.9. The first-order valence-electron chi connectivity index (χ1n) is 12.7. The third-order valence-electron chi connectivity index (χ3n) is 6.97. The van der Waals surface area contributed by atoms with Crippen LogP contribution in [0.3, 0.4) is 0 Å². The quantitative estimate of drug-likeness (QED) is 0.447. The second-order valence-electron chi connectivity index (χ2n) is 9.46. The van der Waals surface area contributed by atoms with Crippen molar-refractivity contribution in [1.29, 1.82) is 0 Å². The molecule has 3 aromatic rings. The molecular formula is C28H28F3N3O4S. The van der Waals surface area contributed by atoms with Crippen LogP contribution in [0.2, 0.25) is 0 Å². The second kappa shape index (κ2) is 11.0. The number of sulfonamides is 1. The predicted molar refractivity (Wildman–Crippen MR) is 142 cm³/mol. The van der Waals surface area contributed by atoms with Crippen LogP contribution in [0.1, 0.15) is 28.8 Å². The first-order valence-corrected chi connectivity index (χ1v) is 14.1. The van der Waals surface area contributed by atoms with E-state index in [9.17, 15) is 26.4 Å². The summed E-state index contributed by atoms with van der Waals surface area (Å²) in [4.78, 5) is 15.7. The molecule has 5 rings (SSSR count). The maximum Gasteiger partial charge on any atom is 0.416 e. The number of halogens is 3. The highest BCUT2D eigenvalue weighted by Gasteiger charge is 2.31. The highest BCUT2D eigenvalue weighted by molar-refractivity contribution is 7.89. The Morgan fingerprint density at radius 2 is 1.54 bits per heavy atom. The van der Waals surface area contributed by atoms with Crippen molar-refractivity contribution < 1.29 is 31.1 Å². The molecule has 0 atom stereocenters. The number of carbonyl (C=O) groups is 1. The number of nitrogens with zero attached hydrogens (tertiary/aromatic N) is 2. The van der Waals surface area contributed by atoms with Gasteiger partial charge in [0.15, 0.2) is 0 Å². The average molecular weight is 560 g/mol. The molecule has 1 N–H and O–H groups in total. The van der Waals surface area contributed by atoms with E-state index in [-0.39, 0.29) is 23.5 Å². The Morgan fingerprint density at radius 1 is 0.872 bits per heavy atom. The summed E-state index contributed by atoms with van der Waals surface area (Å²) in [5.74, 6) is -0.494. The molecular weight excluding hydrogens is 531 g/mol. The van der Waals surface area contributed by atoms with Crippen LogP contribution < -0.4 is 10.2 Å². The van der Waals surface area contributed by atoms with Crippen LogP contribution in [0.25, 0.3) is 11.1 Å². The monoisotopic (exact) mass is 559 g/mol. The summed E-state index contributed by atoms with van der Waals surface area (Å²) in [6.45, 7) is 2.68. The van der Waals surface area contributed by atoms with Gasteiger partial charge in [0.1, 0.15) is 0 Å². The lowest BCUT2D eigenvalue weighted by Crippen LogP contribution is -2.40. The number of carbonyl (C=O) groups excluding carboxylic acids is 1. The van der Waals surface area contributed by atoms with Crippen LogP contribution in [0.5, 0.6) is 0 Å². The van der Waals surface area contributed by atoms with Crippen molar-refractivity contribution in [3.05, 3.63) is 77.9 Å².